The molecule has 1 saturated carbocycles. The Bertz CT molecular complexity index is 484. The van der Waals surface area contributed by atoms with Crippen LogP contribution in [0.3, 0.4) is 0 Å². The van der Waals surface area contributed by atoms with Crippen molar-refractivity contribution in [3.05, 3.63) is 29.8 Å². The summed E-state index contributed by atoms with van der Waals surface area (Å²) in [6, 6.07) is 7.07. The lowest BCUT2D eigenvalue weighted by Gasteiger charge is -2.39. The summed E-state index contributed by atoms with van der Waals surface area (Å²) >= 11 is 0. The smallest absolute Gasteiger partial charge is 0.185 e. The van der Waals surface area contributed by atoms with Crippen molar-refractivity contribution in [2.45, 2.75) is 35.8 Å². The molecular formula is C12H17NO2S. The molecule has 88 valence electrons. The molecule has 0 heterocycles. The molecule has 0 atom stereocenters. The van der Waals surface area contributed by atoms with E-state index in [1.165, 1.54) is 0 Å². The van der Waals surface area contributed by atoms with Gasteiger partial charge in [-0.3, -0.25) is 0 Å². The van der Waals surface area contributed by atoms with Gasteiger partial charge in [-0.25, -0.2) is 8.42 Å². The van der Waals surface area contributed by atoms with Crippen LogP contribution in [-0.2, 0) is 9.84 Å². The zero-order chi connectivity index (χ0) is 11.8. The van der Waals surface area contributed by atoms with Crippen LogP contribution in [0.15, 0.2) is 29.2 Å². The molecule has 2 N–H and O–H groups in total. The van der Waals surface area contributed by atoms with Crippen molar-refractivity contribution in [2.24, 2.45) is 5.73 Å². The van der Waals surface area contributed by atoms with Crippen molar-refractivity contribution in [1.29, 1.82) is 0 Å². The molecule has 1 aromatic rings. The van der Waals surface area contributed by atoms with Gasteiger partial charge < -0.3 is 5.73 Å². The quantitative estimate of drug-likeness (QED) is 0.872. The van der Waals surface area contributed by atoms with Crippen molar-refractivity contribution >= 4 is 9.84 Å². The zero-order valence-corrected chi connectivity index (χ0v) is 10.3. The Morgan fingerprint density at radius 2 is 2.06 bits per heavy atom. The van der Waals surface area contributed by atoms with Crippen LogP contribution in [0.25, 0.3) is 0 Å². The predicted molar refractivity (Wildman–Crippen MR) is 64.0 cm³/mol. The van der Waals surface area contributed by atoms with Crippen LogP contribution < -0.4 is 5.73 Å². The van der Waals surface area contributed by atoms with E-state index in [4.69, 9.17) is 5.73 Å². The largest absolute Gasteiger partial charge is 0.329 e. The lowest BCUT2D eigenvalue weighted by atomic mass is 9.84. The van der Waals surface area contributed by atoms with E-state index < -0.39 is 14.6 Å². The van der Waals surface area contributed by atoms with Gasteiger partial charge in [-0.15, -0.1) is 0 Å². The molecule has 0 radical (unpaired) electrons. The summed E-state index contributed by atoms with van der Waals surface area (Å²) in [5.41, 5.74) is 6.62. The Kier molecular flexibility index (Phi) is 2.80. The number of rotatable bonds is 3. The molecule has 0 amide bonds. The first-order valence-corrected chi connectivity index (χ1v) is 7.02. The standard InChI is InChI=1S/C12H17NO2S/c1-10-4-2-5-11(8-10)16(14,15)12(9-13)6-3-7-12/h2,4-5,8H,3,6-7,9,13H2,1H3. The third-order valence-corrected chi connectivity index (χ3v) is 6.10. The molecule has 0 unspecified atom stereocenters. The zero-order valence-electron chi connectivity index (χ0n) is 9.44. The van der Waals surface area contributed by atoms with Crippen molar-refractivity contribution in [1.82, 2.24) is 0 Å². The molecule has 16 heavy (non-hydrogen) atoms. The Labute approximate surface area is 96.6 Å². The molecule has 2 rings (SSSR count). The third kappa shape index (κ3) is 1.57. The van der Waals surface area contributed by atoms with Crippen molar-refractivity contribution < 1.29 is 8.42 Å². The van der Waals surface area contributed by atoms with Gasteiger partial charge in [0, 0.05) is 6.54 Å². The van der Waals surface area contributed by atoms with E-state index in [0.29, 0.717) is 17.7 Å². The molecule has 1 aromatic carbocycles. The molecule has 0 spiro atoms. The number of nitrogens with two attached hydrogens (primary N) is 1. The van der Waals surface area contributed by atoms with Gasteiger partial charge in [0.1, 0.15) is 0 Å². The van der Waals surface area contributed by atoms with Crippen LogP contribution >= 0.6 is 0 Å². The minimum atomic E-state index is -3.26. The number of hydrogen-bond donors (Lipinski definition) is 1. The molecule has 1 aliphatic rings. The Morgan fingerprint density at radius 3 is 2.50 bits per heavy atom. The van der Waals surface area contributed by atoms with Gasteiger partial charge in [-0.1, -0.05) is 18.6 Å². The average molecular weight is 239 g/mol. The van der Waals surface area contributed by atoms with Gasteiger partial charge >= 0.3 is 0 Å². The third-order valence-electron chi connectivity index (χ3n) is 3.51. The summed E-state index contributed by atoms with van der Waals surface area (Å²) in [6.45, 7) is 2.12. The summed E-state index contributed by atoms with van der Waals surface area (Å²) in [7, 11) is -3.26. The van der Waals surface area contributed by atoms with Gasteiger partial charge in [0.15, 0.2) is 9.84 Å². The van der Waals surface area contributed by atoms with Crippen molar-refractivity contribution in [2.75, 3.05) is 6.54 Å². The Hall–Kier alpha value is -0.870. The van der Waals surface area contributed by atoms with Crippen LogP contribution in [0.4, 0.5) is 0 Å². The number of benzene rings is 1. The van der Waals surface area contributed by atoms with E-state index >= 15 is 0 Å². The first-order chi connectivity index (χ1) is 7.52. The monoisotopic (exact) mass is 239 g/mol. The first-order valence-electron chi connectivity index (χ1n) is 5.53. The fourth-order valence-electron chi connectivity index (χ4n) is 2.19. The normalized spacial score (nSPS) is 19.1. The molecule has 0 aliphatic heterocycles. The maximum absolute atomic E-state index is 12.4. The molecule has 1 aliphatic carbocycles. The summed E-state index contributed by atoms with van der Waals surface area (Å²) < 4.78 is 24.2. The van der Waals surface area contributed by atoms with E-state index in [1.54, 1.807) is 18.2 Å². The van der Waals surface area contributed by atoms with Gasteiger partial charge in [-0.05, 0) is 37.5 Å². The number of sulfone groups is 1. The average Bonchev–Trinajstić information content (AvgIpc) is 2.16. The molecule has 0 saturated heterocycles. The molecule has 1 fully saturated rings. The van der Waals surface area contributed by atoms with Crippen LogP contribution in [-0.4, -0.2) is 19.7 Å². The van der Waals surface area contributed by atoms with Crippen LogP contribution in [0.1, 0.15) is 24.8 Å². The van der Waals surface area contributed by atoms with E-state index in [1.807, 2.05) is 13.0 Å². The fourth-order valence-corrected chi connectivity index (χ4v) is 4.33. The topological polar surface area (TPSA) is 60.2 Å². The van der Waals surface area contributed by atoms with E-state index in [2.05, 4.69) is 0 Å². The van der Waals surface area contributed by atoms with Gasteiger partial charge in [-0.2, -0.15) is 0 Å². The highest BCUT2D eigenvalue weighted by Crippen LogP contribution is 2.41. The summed E-state index contributed by atoms with van der Waals surface area (Å²) in [6.07, 6.45) is 2.35. The predicted octanol–water partition coefficient (Wildman–Crippen LogP) is 1.65. The molecule has 0 bridgehead atoms. The second-order valence-electron chi connectivity index (χ2n) is 4.56. The SMILES string of the molecule is Cc1cccc(S(=O)(=O)C2(CN)CCC2)c1. The molecule has 3 nitrogen and oxygen atoms in total. The summed E-state index contributed by atoms with van der Waals surface area (Å²) in [5, 5.41) is 0. The van der Waals surface area contributed by atoms with Crippen molar-refractivity contribution in [3.63, 3.8) is 0 Å². The Balaban J connectivity index is 2.47. The molecular weight excluding hydrogens is 222 g/mol. The highest BCUT2D eigenvalue weighted by atomic mass is 32.2. The summed E-state index contributed by atoms with van der Waals surface area (Å²) in [4.78, 5) is 0.414. The van der Waals surface area contributed by atoms with E-state index in [0.717, 1.165) is 12.0 Å². The van der Waals surface area contributed by atoms with Crippen LogP contribution in [0, 0.1) is 6.92 Å². The van der Waals surface area contributed by atoms with Crippen LogP contribution in [0.2, 0.25) is 0 Å². The van der Waals surface area contributed by atoms with Gasteiger partial charge in [0.2, 0.25) is 0 Å². The maximum Gasteiger partial charge on any atom is 0.185 e. The highest BCUT2D eigenvalue weighted by Gasteiger charge is 2.48. The fraction of sp³-hybridized carbons (Fsp3) is 0.500. The minimum Gasteiger partial charge on any atom is -0.329 e. The lowest BCUT2D eigenvalue weighted by Crippen LogP contribution is -2.51. The maximum atomic E-state index is 12.4. The molecule has 4 heteroatoms. The first kappa shape index (κ1) is 11.6. The lowest BCUT2D eigenvalue weighted by molar-refractivity contribution is 0.344. The number of hydrogen-bond acceptors (Lipinski definition) is 3. The summed E-state index contributed by atoms with van der Waals surface area (Å²) in [5.74, 6) is 0. The number of aryl methyl sites for hydroxylation is 1. The molecule has 0 aromatic heterocycles. The minimum absolute atomic E-state index is 0.225. The van der Waals surface area contributed by atoms with Crippen LogP contribution in [0.5, 0.6) is 0 Å². The van der Waals surface area contributed by atoms with E-state index in [9.17, 15) is 8.42 Å². The van der Waals surface area contributed by atoms with Crippen molar-refractivity contribution in [3.8, 4) is 0 Å². The second-order valence-corrected chi connectivity index (χ2v) is 6.90. The Morgan fingerprint density at radius 1 is 1.38 bits per heavy atom. The van der Waals surface area contributed by atoms with E-state index in [-0.39, 0.29) is 6.54 Å². The second kappa shape index (κ2) is 3.86. The highest BCUT2D eigenvalue weighted by molar-refractivity contribution is 7.93. The van der Waals surface area contributed by atoms with Gasteiger partial charge in [0.05, 0.1) is 9.64 Å². The van der Waals surface area contributed by atoms with Gasteiger partial charge in [0.25, 0.3) is 0 Å².